The van der Waals surface area contributed by atoms with Crippen molar-refractivity contribution in [3.05, 3.63) is 0 Å². The van der Waals surface area contributed by atoms with Crippen molar-refractivity contribution in [2.75, 3.05) is 0 Å². The minimum atomic E-state index is -0.178. The molecule has 0 aromatic carbocycles. The molecule has 0 heterocycles. The van der Waals surface area contributed by atoms with Crippen LogP contribution in [0.25, 0.3) is 0 Å². The van der Waals surface area contributed by atoms with Crippen LogP contribution in [0, 0.1) is 23.7 Å². The van der Waals surface area contributed by atoms with E-state index in [-0.39, 0.29) is 6.10 Å². The standard InChI is InChI=1S/C9H15O.2C4H9.Al/c10-9(7-3-1-4-7)8-5-2-6-8;2*1-4(2)3;/h7-9H,1-6H2;2*4H,1H2,2-3H3;/q-1;;;+1. The second-order valence-electron chi connectivity index (χ2n) is 7.39. The summed E-state index contributed by atoms with van der Waals surface area (Å²) in [7, 11) is 0. The molecule has 0 aromatic heterocycles. The van der Waals surface area contributed by atoms with E-state index in [1.807, 2.05) is 0 Å². The normalized spacial score (nSPS) is 19.8. The van der Waals surface area contributed by atoms with Crippen LogP contribution >= 0.6 is 0 Å². The smallest absolute Gasteiger partial charge is 0.0515 e. The number of hydrogen-bond acceptors (Lipinski definition) is 1. The van der Waals surface area contributed by atoms with Crippen molar-refractivity contribution >= 4 is 15.2 Å². The molecule has 2 fully saturated rings. The van der Waals surface area contributed by atoms with Crippen molar-refractivity contribution in [3.63, 3.8) is 0 Å². The average Bonchev–Trinajstić information content (AvgIpc) is 2.10. The molecule has 0 radical (unpaired) electrons. The molecule has 2 aliphatic rings. The summed E-state index contributed by atoms with van der Waals surface area (Å²) in [5, 5.41) is 14.5. The van der Waals surface area contributed by atoms with Crippen molar-refractivity contribution in [2.45, 2.75) is 82.9 Å². The van der Waals surface area contributed by atoms with Crippen molar-refractivity contribution in [1.82, 2.24) is 0 Å². The van der Waals surface area contributed by atoms with Gasteiger partial charge in [0.05, 0.1) is 0 Å². The second kappa shape index (κ2) is 9.43. The van der Waals surface area contributed by atoms with E-state index >= 15 is 0 Å². The summed E-state index contributed by atoms with van der Waals surface area (Å²) in [6, 6.07) is 0. The molecule has 1 nitrogen and oxygen atoms in total. The summed E-state index contributed by atoms with van der Waals surface area (Å²) in [4.78, 5) is 0. The summed E-state index contributed by atoms with van der Waals surface area (Å²) in [6.07, 6.45) is 7.36. The van der Waals surface area contributed by atoms with Crippen LogP contribution < -0.4 is 5.11 Å². The van der Waals surface area contributed by atoms with Gasteiger partial charge in [-0.25, -0.2) is 0 Å². The largest absolute Gasteiger partial charge is 0.852 e. The summed E-state index contributed by atoms with van der Waals surface area (Å²) < 4.78 is 0. The van der Waals surface area contributed by atoms with Gasteiger partial charge in [-0.2, -0.15) is 0 Å². The zero-order valence-corrected chi connectivity index (χ0v) is 14.7. The summed E-state index contributed by atoms with van der Waals surface area (Å²) >= 11 is 0.755. The van der Waals surface area contributed by atoms with E-state index in [1.54, 1.807) is 0 Å². The molecular weight excluding hydrogens is 247 g/mol. The fraction of sp³-hybridized carbons (Fsp3) is 1.00. The van der Waals surface area contributed by atoms with Crippen molar-refractivity contribution in [1.29, 1.82) is 0 Å². The van der Waals surface area contributed by atoms with Gasteiger partial charge in [-0.3, -0.25) is 0 Å². The second-order valence-corrected chi connectivity index (χ2v) is 8.91. The van der Waals surface area contributed by atoms with E-state index in [4.69, 9.17) is 0 Å². The molecule has 2 rings (SSSR count). The average molecular weight is 280 g/mol. The van der Waals surface area contributed by atoms with E-state index in [9.17, 15) is 5.11 Å². The van der Waals surface area contributed by atoms with E-state index in [0.29, 0.717) is 11.8 Å². The van der Waals surface area contributed by atoms with Gasteiger partial charge in [0.2, 0.25) is 0 Å². The molecule has 0 aliphatic heterocycles. The van der Waals surface area contributed by atoms with Crippen LogP contribution in [0.4, 0.5) is 0 Å². The Hall–Kier alpha value is 0.492. The maximum absolute atomic E-state index is 11.5. The van der Waals surface area contributed by atoms with Gasteiger partial charge >= 0.3 is 65.3 Å². The van der Waals surface area contributed by atoms with Crippen molar-refractivity contribution in [2.24, 2.45) is 23.7 Å². The Morgan fingerprint density at radius 3 is 1.42 bits per heavy atom. The first-order valence-corrected chi connectivity index (χ1v) is 10.1. The first kappa shape index (κ1) is 17.5. The Morgan fingerprint density at radius 1 is 0.842 bits per heavy atom. The molecule has 19 heavy (non-hydrogen) atoms. The number of rotatable bonds is 6. The van der Waals surface area contributed by atoms with Gasteiger partial charge in [0.15, 0.2) is 0 Å². The molecule has 2 heteroatoms. The van der Waals surface area contributed by atoms with Crippen LogP contribution in [0.3, 0.4) is 0 Å². The van der Waals surface area contributed by atoms with Crippen LogP contribution in [0.5, 0.6) is 0 Å². The van der Waals surface area contributed by atoms with Gasteiger partial charge < -0.3 is 5.11 Å². The van der Waals surface area contributed by atoms with Gasteiger partial charge in [0.25, 0.3) is 0 Å². The Balaban J connectivity index is 0.000000192. The quantitative estimate of drug-likeness (QED) is 0.670. The monoisotopic (exact) mass is 280 g/mol. The Morgan fingerprint density at radius 2 is 1.21 bits per heavy atom. The molecule has 0 saturated heterocycles. The van der Waals surface area contributed by atoms with Gasteiger partial charge in [0.1, 0.15) is 0 Å². The molecule has 0 atom stereocenters. The maximum atomic E-state index is 11.5. The van der Waals surface area contributed by atoms with Crippen LogP contribution in [-0.2, 0) is 0 Å². The fourth-order valence-corrected chi connectivity index (χ4v) is 4.21. The Kier molecular flexibility index (Phi) is 8.71. The minimum absolute atomic E-state index is 0.178. The first-order valence-electron chi connectivity index (χ1n) is 8.48. The molecule has 0 amide bonds. The predicted molar refractivity (Wildman–Crippen MR) is 83.5 cm³/mol. The zero-order valence-electron chi connectivity index (χ0n) is 13.5. The molecule has 0 bridgehead atoms. The Labute approximate surface area is 127 Å². The van der Waals surface area contributed by atoms with Crippen molar-refractivity contribution in [3.8, 4) is 0 Å². The van der Waals surface area contributed by atoms with Crippen LogP contribution in [0.1, 0.15) is 66.2 Å². The van der Waals surface area contributed by atoms with Crippen molar-refractivity contribution < 1.29 is 5.11 Å². The third kappa shape index (κ3) is 7.17. The molecule has 0 N–H and O–H groups in total. The SMILES string of the molecule is CC(C)[CH2][Al+][CH2]C(C)C.[O-]C(C1CCC1)C1CCC1. The maximum Gasteiger partial charge on any atom is -0.0515 e. The fourth-order valence-electron chi connectivity index (χ4n) is 2.68. The van der Waals surface area contributed by atoms with Crippen LogP contribution in [-0.4, -0.2) is 21.3 Å². The third-order valence-corrected chi connectivity index (χ3v) is 7.06. The molecule has 110 valence electrons. The predicted octanol–water partition coefficient (Wildman–Crippen LogP) is 4.15. The summed E-state index contributed by atoms with van der Waals surface area (Å²) in [6.45, 7) is 9.25. The van der Waals surface area contributed by atoms with Gasteiger partial charge in [-0.05, 0) is 0 Å². The van der Waals surface area contributed by atoms with E-state index < -0.39 is 0 Å². The van der Waals surface area contributed by atoms with Gasteiger partial charge in [-0.15, -0.1) is 6.10 Å². The number of hydrogen-bond donors (Lipinski definition) is 0. The summed E-state index contributed by atoms with van der Waals surface area (Å²) in [5.74, 6) is 3.01. The molecule has 2 aliphatic carbocycles. The third-order valence-electron chi connectivity index (χ3n) is 4.51. The molecule has 0 spiro atoms. The van der Waals surface area contributed by atoms with Gasteiger partial charge in [0, 0.05) is 0 Å². The molecule has 2 saturated carbocycles. The van der Waals surface area contributed by atoms with Crippen LogP contribution in [0.15, 0.2) is 0 Å². The van der Waals surface area contributed by atoms with Gasteiger partial charge in [-0.1, -0.05) is 50.4 Å². The van der Waals surface area contributed by atoms with Crippen LogP contribution in [0.2, 0.25) is 10.6 Å². The minimum Gasteiger partial charge on any atom is -0.852 e. The topological polar surface area (TPSA) is 23.1 Å². The van der Waals surface area contributed by atoms with E-state index in [0.717, 1.165) is 27.1 Å². The molecule has 0 unspecified atom stereocenters. The van der Waals surface area contributed by atoms with E-state index in [2.05, 4.69) is 27.7 Å². The Bertz CT molecular complexity index is 197. The van der Waals surface area contributed by atoms with E-state index in [1.165, 1.54) is 49.1 Å². The zero-order chi connectivity index (χ0) is 14.3. The first-order chi connectivity index (χ1) is 9.00. The summed E-state index contributed by atoms with van der Waals surface area (Å²) in [5.41, 5.74) is 0. The molecule has 0 aromatic rings. The molecular formula is C17H33AlO.